The summed E-state index contributed by atoms with van der Waals surface area (Å²) < 4.78 is 2.09. The minimum absolute atomic E-state index is 0.781. The normalized spacial score (nSPS) is 23.2. The molecule has 1 fully saturated rings. The minimum atomic E-state index is 0.781. The van der Waals surface area contributed by atoms with Crippen molar-refractivity contribution in [3.05, 3.63) is 18.0 Å². The Labute approximate surface area is 72.8 Å². The van der Waals surface area contributed by atoms with Crippen molar-refractivity contribution < 1.29 is 0 Å². The molecule has 3 heteroatoms. The van der Waals surface area contributed by atoms with Crippen molar-refractivity contribution in [3.8, 4) is 0 Å². The van der Waals surface area contributed by atoms with E-state index in [0.29, 0.717) is 0 Å². The zero-order chi connectivity index (χ0) is 8.39. The van der Waals surface area contributed by atoms with Gasteiger partial charge >= 0.3 is 0 Å². The second-order valence-corrected chi connectivity index (χ2v) is 3.51. The molecule has 2 heterocycles. The number of nitrogens with zero attached hydrogens (tertiary/aromatic N) is 2. The van der Waals surface area contributed by atoms with Crippen LogP contribution in [0, 0.1) is 12.8 Å². The van der Waals surface area contributed by atoms with E-state index in [-0.39, 0.29) is 0 Å². The van der Waals surface area contributed by atoms with E-state index >= 15 is 0 Å². The Morgan fingerprint density at radius 3 is 3.25 bits per heavy atom. The van der Waals surface area contributed by atoms with Crippen molar-refractivity contribution in [3.63, 3.8) is 0 Å². The van der Waals surface area contributed by atoms with Gasteiger partial charge in [0.15, 0.2) is 0 Å². The number of aryl methyl sites for hydroxylation is 1. The molecule has 1 atom stereocenters. The van der Waals surface area contributed by atoms with Gasteiger partial charge in [-0.2, -0.15) is 5.10 Å². The fourth-order valence-corrected chi connectivity index (χ4v) is 1.70. The first-order valence-electron chi connectivity index (χ1n) is 4.55. The van der Waals surface area contributed by atoms with Crippen LogP contribution < -0.4 is 5.32 Å². The van der Waals surface area contributed by atoms with Crippen LogP contribution in [-0.2, 0) is 6.54 Å². The van der Waals surface area contributed by atoms with Crippen LogP contribution in [0.4, 0.5) is 0 Å². The summed E-state index contributed by atoms with van der Waals surface area (Å²) in [7, 11) is 0. The van der Waals surface area contributed by atoms with E-state index in [4.69, 9.17) is 0 Å². The average Bonchev–Trinajstić information content (AvgIpc) is 2.65. The van der Waals surface area contributed by atoms with E-state index in [1.54, 1.807) is 0 Å². The summed E-state index contributed by atoms with van der Waals surface area (Å²) in [5, 5.41) is 7.63. The lowest BCUT2D eigenvalue weighted by Crippen LogP contribution is -2.15. The lowest BCUT2D eigenvalue weighted by molar-refractivity contribution is 0.443. The van der Waals surface area contributed by atoms with E-state index in [2.05, 4.69) is 28.1 Å². The molecule has 1 aliphatic heterocycles. The molecule has 0 bridgehead atoms. The molecule has 0 saturated carbocycles. The van der Waals surface area contributed by atoms with Crippen molar-refractivity contribution >= 4 is 0 Å². The molecule has 1 unspecified atom stereocenters. The highest BCUT2D eigenvalue weighted by Gasteiger charge is 2.15. The summed E-state index contributed by atoms with van der Waals surface area (Å²) in [6.45, 7) is 5.51. The highest BCUT2D eigenvalue weighted by molar-refractivity contribution is 4.96. The van der Waals surface area contributed by atoms with Crippen molar-refractivity contribution in [2.24, 2.45) is 5.92 Å². The number of hydrogen-bond acceptors (Lipinski definition) is 2. The highest BCUT2D eigenvalue weighted by atomic mass is 15.3. The predicted octanol–water partition coefficient (Wildman–Crippen LogP) is 0.801. The molecule has 66 valence electrons. The molecular weight excluding hydrogens is 150 g/mol. The Morgan fingerprint density at radius 1 is 1.75 bits per heavy atom. The summed E-state index contributed by atoms with van der Waals surface area (Å²) in [6, 6.07) is 2.06. The monoisotopic (exact) mass is 165 g/mol. The standard InChI is InChI=1S/C9H15N3/c1-8-2-5-11-12(8)7-9-3-4-10-6-9/h2,5,9-10H,3-4,6-7H2,1H3. The summed E-state index contributed by atoms with van der Waals surface area (Å²) in [4.78, 5) is 0. The van der Waals surface area contributed by atoms with Gasteiger partial charge in [-0.15, -0.1) is 0 Å². The topological polar surface area (TPSA) is 29.9 Å². The lowest BCUT2D eigenvalue weighted by Gasteiger charge is -2.09. The summed E-state index contributed by atoms with van der Waals surface area (Å²) in [5.41, 5.74) is 1.27. The largest absolute Gasteiger partial charge is 0.316 e. The van der Waals surface area contributed by atoms with Crippen LogP contribution >= 0.6 is 0 Å². The third kappa shape index (κ3) is 1.50. The molecule has 0 aromatic carbocycles. The molecule has 0 aliphatic carbocycles. The van der Waals surface area contributed by atoms with Crippen molar-refractivity contribution in [1.29, 1.82) is 0 Å². The minimum Gasteiger partial charge on any atom is -0.316 e. The van der Waals surface area contributed by atoms with Gasteiger partial charge in [0.2, 0.25) is 0 Å². The third-order valence-corrected chi connectivity index (χ3v) is 2.52. The molecule has 0 radical (unpaired) electrons. The van der Waals surface area contributed by atoms with Gasteiger partial charge in [-0.05, 0) is 38.4 Å². The number of rotatable bonds is 2. The van der Waals surface area contributed by atoms with E-state index in [1.807, 2.05) is 6.20 Å². The predicted molar refractivity (Wildman–Crippen MR) is 47.9 cm³/mol. The Bertz CT molecular complexity index is 248. The lowest BCUT2D eigenvalue weighted by atomic mass is 10.1. The SMILES string of the molecule is Cc1ccnn1CC1CCNC1. The molecule has 3 nitrogen and oxygen atoms in total. The first-order valence-corrected chi connectivity index (χ1v) is 4.55. The molecule has 2 rings (SSSR count). The first-order chi connectivity index (χ1) is 5.86. The smallest absolute Gasteiger partial charge is 0.0492 e. The van der Waals surface area contributed by atoms with Crippen molar-refractivity contribution in [1.82, 2.24) is 15.1 Å². The summed E-state index contributed by atoms with van der Waals surface area (Å²) >= 11 is 0. The van der Waals surface area contributed by atoms with E-state index in [0.717, 1.165) is 19.0 Å². The fourth-order valence-electron chi connectivity index (χ4n) is 1.70. The van der Waals surface area contributed by atoms with Gasteiger partial charge in [-0.25, -0.2) is 0 Å². The zero-order valence-electron chi connectivity index (χ0n) is 7.45. The van der Waals surface area contributed by atoms with Crippen LogP contribution in [0.3, 0.4) is 0 Å². The van der Waals surface area contributed by atoms with Gasteiger partial charge in [-0.3, -0.25) is 4.68 Å². The average molecular weight is 165 g/mol. The van der Waals surface area contributed by atoms with Crippen molar-refractivity contribution in [2.45, 2.75) is 19.9 Å². The van der Waals surface area contributed by atoms with E-state index < -0.39 is 0 Å². The molecular formula is C9H15N3. The molecule has 1 aromatic rings. The maximum atomic E-state index is 4.27. The van der Waals surface area contributed by atoms with Gasteiger partial charge in [0.1, 0.15) is 0 Å². The van der Waals surface area contributed by atoms with Gasteiger partial charge in [0, 0.05) is 18.4 Å². The van der Waals surface area contributed by atoms with Crippen LogP contribution in [0.5, 0.6) is 0 Å². The number of aromatic nitrogens is 2. The summed E-state index contributed by atoms with van der Waals surface area (Å²) in [6.07, 6.45) is 3.16. The second kappa shape index (κ2) is 3.27. The maximum Gasteiger partial charge on any atom is 0.0492 e. The van der Waals surface area contributed by atoms with Crippen LogP contribution in [0.15, 0.2) is 12.3 Å². The molecule has 0 amide bonds. The zero-order valence-corrected chi connectivity index (χ0v) is 7.45. The highest BCUT2D eigenvalue weighted by Crippen LogP contribution is 2.10. The van der Waals surface area contributed by atoms with E-state index in [1.165, 1.54) is 18.7 Å². The van der Waals surface area contributed by atoms with Gasteiger partial charge < -0.3 is 5.32 Å². The van der Waals surface area contributed by atoms with Crippen LogP contribution in [-0.4, -0.2) is 22.9 Å². The molecule has 0 spiro atoms. The molecule has 1 N–H and O–H groups in total. The number of nitrogens with one attached hydrogen (secondary N) is 1. The Kier molecular flexibility index (Phi) is 2.13. The molecule has 1 aromatic heterocycles. The Hall–Kier alpha value is -0.830. The third-order valence-electron chi connectivity index (χ3n) is 2.52. The second-order valence-electron chi connectivity index (χ2n) is 3.51. The fraction of sp³-hybridized carbons (Fsp3) is 0.667. The van der Waals surface area contributed by atoms with Gasteiger partial charge in [0.05, 0.1) is 0 Å². The van der Waals surface area contributed by atoms with Crippen LogP contribution in [0.1, 0.15) is 12.1 Å². The van der Waals surface area contributed by atoms with E-state index in [9.17, 15) is 0 Å². The Morgan fingerprint density at radius 2 is 2.67 bits per heavy atom. The molecule has 1 saturated heterocycles. The number of hydrogen-bond donors (Lipinski definition) is 1. The molecule has 12 heavy (non-hydrogen) atoms. The first kappa shape index (κ1) is 7.80. The maximum absolute atomic E-state index is 4.27. The Balaban J connectivity index is 1.98. The van der Waals surface area contributed by atoms with Gasteiger partial charge in [-0.1, -0.05) is 0 Å². The van der Waals surface area contributed by atoms with Crippen LogP contribution in [0.2, 0.25) is 0 Å². The molecule has 1 aliphatic rings. The van der Waals surface area contributed by atoms with Gasteiger partial charge in [0.25, 0.3) is 0 Å². The quantitative estimate of drug-likeness (QED) is 0.702. The van der Waals surface area contributed by atoms with Crippen molar-refractivity contribution in [2.75, 3.05) is 13.1 Å². The summed E-state index contributed by atoms with van der Waals surface area (Å²) in [5.74, 6) is 0.781. The van der Waals surface area contributed by atoms with Crippen LogP contribution in [0.25, 0.3) is 0 Å².